The van der Waals surface area contributed by atoms with Gasteiger partial charge in [0.2, 0.25) is 0 Å². The smallest absolute Gasteiger partial charge is 0.136 e. The average Bonchev–Trinajstić information content (AvgIpc) is 2.35. The molecule has 0 amide bonds. The minimum atomic E-state index is 0.874. The van der Waals surface area contributed by atoms with E-state index in [1.807, 2.05) is 34.6 Å². The van der Waals surface area contributed by atoms with E-state index in [1.54, 1.807) is 0 Å². The highest BCUT2D eigenvalue weighted by molar-refractivity contribution is 9.10. The van der Waals surface area contributed by atoms with Gasteiger partial charge >= 0.3 is 0 Å². The Balaban J connectivity index is 2.90. The van der Waals surface area contributed by atoms with Gasteiger partial charge < -0.3 is 4.57 Å². The molecular formula is C6H6BrN3. The van der Waals surface area contributed by atoms with Crippen molar-refractivity contribution in [2.45, 2.75) is 0 Å². The molecule has 0 unspecified atom stereocenters. The first kappa shape index (κ1) is 5.97. The highest BCUT2D eigenvalue weighted by Gasteiger charge is 1.99. The van der Waals surface area contributed by atoms with Crippen molar-refractivity contribution >= 4 is 21.6 Å². The van der Waals surface area contributed by atoms with Crippen molar-refractivity contribution in [3.8, 4) is 0 Å². The summed E-state index contributed by atoms with van der Waals surface area (Å²) in [5.41, 5.74) is 1.09. The lowest BCUT2D eigenvalue weighted by molar-refractivity contribution is 0.923. The fraction of sp³-hybridized carbons (Fsp3) is 0.167. The maximum atomic E-state index is 4.15. The Bertz CT molecular complexity index is 360. The maximum absolute atomic E-state index is 4.15. The van der Waals surface area contributed by atoms with Gasteiger partial charge in [-0.2, -0.15) is 5.10 Å². The molecule has 2 heterocycles. The third-order valence-electron chi connectivity index (χ3n) is 1.48. The normalized spacial score (nSPS) is 11.0. The Morgan fingerprint density at radius 2 is 2.30 bits per heavy atom. The van der Waals surface area contributed by atoms with Crippen LogP contribution in [0.2, 0.25) is 0 Å². The standard InChI is InChI=1S/C6H6BrN3/c1-9-2-3-10-6(9)4-5(7)8-10/h2-4H,1H3. The van der Waals surface area contributed by atoms with Crippen LogP contribution in [0.3, 0.4) is 0 Å². The summed E-state index contributed by atoms with van der Waals surface area (Å²) in [6.45, 7) is 0. The Hall–Kier alpha value is -0.770. The fourth-order valence-corrected chi connectivity index (χ4v) is 1.34. The SMILES string of the molecule is Cn1ccn2nc(Br)cc12. The molecule has 3 nitrogen and oxygen atoms in total. The summed E-state index contributed by atoms with van der Waals surface area (Å²) < 4.78 is 4.71. The summed E-state index contributed by atoms with van der Waals surface area (Å²) in [5.74, 6) is 0. The minimum absolute atomic E-state index is 0.874. The van der Waals surface area contributed by atoms with Crippen molar-refractivity contribution in [1.82, 2.24) is 14.2 Å². The predicted octanol–water partition coefficient (Wildman–Crippen LogP) is 1.44. The van der Waals surface area contributed by atoms with Crippen molar-refractivity contribution in [3.05, 3.63) is 23.1 Å². The quantitative estimate of drug-likeness (QED) is 0.630. The number of hydrogen-bond acceptors (Lipinski definition) is 1. The molecule has 0 saturated carbocycles. The van der Waals surface area contributed by atoms with Gasteiger partial charge in [0.05, 0.1) is 0 Å². The number of imidazole rings is 1. The van der Waals surface area contributed by atoms with E-state index in [0.717, 1.165) is 10.3 Å². The van der Waals surface area contributed by atoms with Gasteiger partial charge in [-0.3, -0.25) is 0 Å². The van der Waals surface area contributed by atoms with E-state index < -0.39 is 0 Å². The zero-order chi connectivity index (χ0) is 7.14. The van der Waals surface area contributed by atoms with Crippen LogP contribution in [0.5, 0.6) is 0 Å². The van der Waals surface area contributed by atoms with Crippen molar-refractivity contribution in [2.24, 2.45) is 7.05 Å². The third kappa shape index (κ3) is 0.686. The lowest BCUT2D eigenvalue weighted by Crippen LogP contribution is -1.83. The van der Waals surface area contributed by atoms with Gasteiger partial charge in [0.25, 0.3) is 0 Å². The molecule has 0 aliphatic heterocycles. The van der Waals surface area contributed by atoms with Crippen molar-refractivity contribution in [1.29, 1.82) is 0 Å². The lowest BCUT2D eigenvalue weighted by atomic mass is 10.7. The molecule has 10 heavy (non-hydrogen) atoms. The van der Waals surface area contributed by atoms with E-state index in [2.05, 4.69) is 21.0 Å². The summed E-state index contributed by atoms with van der Waals surface area (Å²) in [7, 11) is 1.99. The van der Waals surface area contributed by atoms with E-state index in [9.17, 15) is 0 Å². The van der Waals surface area contributed by atoms with Gasteiger partial charge in [-0.05, 0) is 15.9 Å². The first-order chi connectivity index (χ1) is 4.77. The molecular weight excluding hydrogens is 194 g/mol. The minimum Gasteiger partial charge on any atom is -0.334 e. The van der Waals surface area contributed by atoms with Gasteiger partial charge in [0, 0.05) is 25.5 Å². The second-order valence-corrected chi connectivity index (χ2v) is 2.99. The van der Waals surface area contributed by atoms with Gasteiger partial charge in [0.15, 0.2) is 0 Å². The van der Waals surface area contributed by atoms with E-state index in [-0.39, 0.29) is 0 Å². The van der Waals surface area contributed by atoms with Crippen LogP contribution >= 0.6 is 15.9 Å². The first-order valence-corrected chi connectivity index (χ1v) is 3.73. The molecule has 0 atom stereocenters. The van der Waals surface area contributed by atoms with Crippen LogP contribution < -0.4 is 0 Å². The molecule has 0 aliphatic carbocycles. The summed E-state index contributed by atoms with van der Waals surface area (Å²) in [5, 5.41) is 4.15. The maximum Gasteiger partial charge on any atom is 0.136 e. The topological polar surface area (TPSA) is 22.2 Å². The molecule has 0 radical (unpaired) electrons. The van der Waals surface area contributed by atoms with E-state index in [4.69, 9.17) is 0 Å². The Kier molecular flexibility index (Phi) is 1.11. The van der Waals surface area contributed by atoms with E-state index in [0.29, 0.717) is 0 Å². The first-order valence-electron chi connectivity index (χ1n) is 2.93. The summed E-state index contributed by atoms with van der Waals surface area (Å²) in [4.78, 5) is 0. The fourth-order valence-electron chi connectivity index (χ4n) is 0.968. The van der Waals surface area contributed by atoms with Crippen LogP contribution in [-0.4, -0.2) is 14.2 Å². The molecule has 2 rings (SSSR count). The molecule has 0 fully saturated rings. The second kappa shape index (κ2) is 1.85. The Labute approximate surface area is 66.4 Å². The average molecular weight is 200 g/mol. The molecule has 0 spiro atoms. The van der Waals surface area contributed by atoms with Gasteiger partial charge in [-0.1, -0.05) is 0 Å². The summed E-state index contributed by atoms with van der Waals surface area (Å²) in [6, 6.07) is 1.97. The zero-order valence-corrected chi connectivity index (χ0v) is 7.04. The summed E-state index contributed by atoms with van der Waals surface area (Å²) in [6.07, 6.45) is 3.88. The van der Waals surface area contributed by atoms with E-state index >= 15 is 0 Å². The monoisotopic (exact) mass is 199 g/mol. The largest absolute Gasteiger partial charge is 0.334 e. The molecule has 2 aromatic heterocycles. The van der Waals surface area contributed by atoms with Gasteiger partial charge in [0.1, 0.15) is 10.3 Å². The van der Waals surface area contributed by atoms with Crippen LogP contribution in [0, 0.1) is 0 Å². The zero-order valence-electron chi connectivity index (χ0n) is 5.45. The number of rotatable bonds is 0. The predicted molar refractivity (Wildman–Crippen MR) is 41.9 cm³/mol. The van der Waals surface area contributed by atoms with Crippen molar-refractivity contribution in [2.75, 3.05) is 0 Å². The molecule has 2 aromatic rings. The van der Waals surface area contributed by atoms with Crippen molar-refractivity contribution < 1.29 is 0 Å². The van der Waals surface area contributed by atoms with Gasteiger partial charge in [-0.25, -0.2) is 4.52 Å². The number of fused-ring (bicyclic) bond motifs is 1. The molecule has 0 aliphatic rings. The van der Waals surface area contributed by atoms with Crippen molar-refractivity contribution in [3.63, 3.8) is 0 Å². The number of nitrogens with zero attached hydrogens (tertiary/aromatic N) is 3. The molecule has 0 aromatic carbocycles. The van der Waals surface area contributed by atoms with Gasteiger partial charge in [-0.15, -0.1) is 0 Å². The van der Waals surface area contributed by atoms with Crippen LogP contribution in [0.1, 0.15) is 0 Å². The highest BCUT2D eigenvalue weighted by atomic mass is 79.9. The van der Waals surface area contributed by atoms with Crippen LogP contribution in [0.4, 0.5) is 0 Å². The Morgan fingerprint density at radius 1 is 1.50 bits per heavy atom. The summed E-state index contributed by atoms with van der Waals surface area (Å²) >= 11 is 3.29. The molecule has 0 bridgehead atoms. The van der Waals surface area contributed by atoms with Crippen LogP contribution in [0.25, 0.3) is 5.65 Å². The van der Waals surface area contributed by atoms with Crippen LogP contribution in [0.15, 0.2) is 23.1 Å². The Morgan fingerprint density at radius 3 is 3.00 bits per heavy atom. The number of halogens is 1. The molecule has 0 saturated heterocycles. The highest BCUT2D eigenvalue weighted by Crippen LogP contribution is 2.10. The van der Waals surface area contributed by atoms with E-state index in [1.165, 1.54) is 0 Å². The number of hydrogen-bond donors (Lipinski definition) is 0. The molecule has 52 valence electrons. The van der Waals surface area contributed by atoms with Crippen LogP contribution in [-0.2, 0) is 7.05 Å². The molecule has 4 heteroatoms. The second-order valence-electron chi connectivity index (χ2n) is 2.18. The lowest BCUT2D eigenvalue weighted by Gasteiger charge is -1.85. The number of aryl methyl sites for hydroxylation is 1. The molecule has 0 N–H and O–H groups in total. The number of aromatic nitrogens is 3. The third-order valence-corrected chi connectivity index (χ3v) is 1.87.